The van der Waals surface area contributed by atoms with Crippen LogP contribution in [0.4, 0.5) is 0 Å². The highest BCUT2D eigenvalue weighted by atomic mass is 16.5. The standard InChI is InChI=1S/C18H22N2O2/c1-14-6-5-7-15(12-14)18(9-3-2-4-10-18)13-19-17(21)16-8-11-22-20-16/h5-8,11-12H,2-4,9-10,13H2,1H3,(H,19,21). The quantitative estimate of drug-likeness (QED) is 0.938. The number of hydrogen-bond donors (Lipinski definition) is 1. The van der Waals surface area contributed by atoms with Crippen molar-refractivity contribution in [3.05, 3.63) is 53.4 Å². The number of nitrogens with zero attached hydrogens (tertiary/aromatic N) is 1. The van der Waals surface area contributed by atoms with Gasteiger partial charge in [0, 0.05) is 18.0 Å². The van der Waals surface area contributed by atoms with E-state index in [0.29, 0.717) is 12.2 Å². The molecule has 1 fully saturated rings. The molecule has 1 aliphatic rings. The van der Waals surface area contributed by atoms with Gasteiger partial charge in [-0.2, -0.15) is 0 Å². The van der Waals surface area contributed by atoms with E-state index in [0.717, 1.165) is 12.8 Å². The molecule has 0 radical (unpaired) electrons. The van der Waals surface area contributed by atoms with Gasteiger partial charge in [-0.1, -0.05) is 54.2 Å². The molecule has 0 bridgehead atoms. The van der Waals surface area contributed by atoms with Gasteiger partial charge in [0.05, 0.1) is 0 Å². The molecule has 0 atom stereocenters. The smallest absolute Gasteiger partial charge is 0.273 e. The summed E-state index contributed by atoms with van der Waals surface area (Å²) in [5, 5.41) is 6.75. The summed E-state index contributed by atoms with van der Waals surface area (Å²) in [5.74, 6) is -0.161. The topological polar surface area (TPSA) is 55.1 Å². The Labute approximate surface area is 130 Å². The number of aryl methyl sites for hydroxylation is 1. The third kappa shape index (κ3) is 3.06. The Kier molecular flexibility index (Phi) is 4.27. The molecule has 22 heavy (non-hydrogen) atoms. The van der Waals surface area contributed by atoms with Gasteiger partial charge in [-0.15, -0.1) is 0 Å². The van der Waals surface area contributed by atoms with E-state index >= 15 is 0 Å². The molecular weight excluding hydrogens is 276 g/mol. The summed E-state index contributed by atoms with van der Waals surface area (Å²) in [6, 6.07) is 10.3. The first-order valence-electron chi connectivity index (χ1n) is 7.95. The normalized spacial score (nSPS) is 17.1. The summed E-state index contributed by atoms with van der Waals surface area (Å²) in [6.07, 6.45) is 7.38. The number of aromatic nitrogens is 1. The molecule has 3 rings (SSSR count). The fraction of sp³-hybridized carbons (Fsp3) is 0.444. The van der Waals surface area contributed by atoms with Gasteiger partial charge in [0.15, 0.2) is 5.69 Å². The van der Waals surface area contributed by atoms with Crippen LogP contribution >= 0.6 is 0 Å². The largest absolute Gasteiger partial charge is 0.364 e. The van der Waals surface area contributed by atoms with Crippen LogP contribution in [0, 0.1) is 6.92 Å². The average molecular weight is 298 g/mol. The summed E-state index contributed by atoms with van der Waals surface area (Å²) < 4.78 is 4.74. The lowest BCUT2D eigenvalue weighted by Crippen LogP contribution is -2.42. The molecule has 1 N–H and O–H groups in total. The van der Waals surface area contributed by atoms with E-state index in [1.54, 1.807) is 6.07 Å². The SMILES string of the molecule is Cc1cccc(C2(CNC(=O)c3ccon3)CCCCC2)c1. The summed E-state index contributed by atoms with van der Waals surface area (Å²) in [5.41, 5.74) is 3.00. The Bertz CT molecular complexity index is 628. The Balaban J connectivity index is 1.79. The van der Waals surface area contributed by atoms with E-state index in [1.165, 1.54) is 36.7 Å². The van der Waals surface area contributed by atoms with Crippen LogP contribution in [0.25, 0.3) is 0 Å². The van der Waals surface area contributed by atoms with Gasteiger partial charge in [-0.25, -0.2) is 0 Å². The number of amides is 1. The monoisotopic (exact) mass is 298 g/mol. The van der Waals surface area contributed by atoms with Crippen LogP contribution in [-0.2, 0) is 5.41 Å². The molecule has 116 valence electrons. The number of benzene rings is 1. The molecule has 4 nitrogen and oxygen atoms in total. The maximum Gasteiger partial charge on any atom is 0.273 e. The van der Waals surface area contributed by atoms with Crippen molar-refractivity contribution >= 4 is 5.91 Å². The van der Waals surface area contributed by atoms with Crippen molar-refractivity contribution in [2.24, 2.45) is 0 Å². The van der Waals surface area contributed by atoms with Crippen molar-refractivity contribution in [1.29, 1.82) is 0 Å². The van der Waals surface area contributed by atoms with Gasteiger partial charge in [0.2, 0.25) is 0 Å². The molecule has 1 aromatic heterocycles. The van der Waals surface area contributed by atoms with E-state index < -0.39 is 0 Å². The second-order valence-corrected chi connectivity index (χ2v) is 6.28. The van der Waals surface area contributed by atoms with Crippen LogP contribution < -0.4 is 5.32 Å². The number of hydrogen-bond acceptors (Lipinski definition) is 3. The van der Waals surface area contributed by atoms with Crippen molar-refractivity contribution in [2.45, 2.75) is 44.4 Å². The lowest BCUT2D eigenvalue weighted by molar-refractivity contribution is 0.0927. The summed E-state index contributed by atoms with van der Waals surface area (Å²) in [6.45, 7) is 2.77. The minimum atomic E-state index is -0.161. The molecule has 1 saturated carbocycles. The first kappa shape index (κ1) is 14.8. The lowest BCUT2D eigenvalue weighted by atomic mass is 9.69. The molecule has 1 aromatic carbocycles. The van der Waals surface area contributed by atoms with Crippen LogP contribution in [0.2, 0.25) is 0 Å². The minimum absolute atomic E-state index is 0.0453. The third-order valence-corrected chi connectivity index (χ3v) is 4.70. The maximum atomic E-state index is 12.2. The molecule has 1 aliphatic carbocycles. The fourth-order valence-corrected chi connectivity index (χ4v) is 3.44. The van der Waals surface area contributed by atoms with Crippen molar-refractivity contribution < 1.29 is 9.32 Å². The zero-order chi connectivity index (χ0) is 15.4. The molecule has 0 spiro atoms. The van der Waals surface area contributed by atoms with Gasteiger partial charge in [0.25, 0.3) is 5.91 Å². The van der Waals surface area contributed by atoms with Crippen LogP contribution in [0.1, 0.15) is 53.7 Å². The van der Waals surface area contributed by atoms with Crippen molar-refractivity contribution in [2.75, 3.05) is 6.54 Å². The van der Waals surface area contributed by atoms with Crippen LogP contribution in [0.15, 0.2) is 41.1 Å². The highest BCUT2D eigenvalue weighted by Gasteiger charge is 2.34. The Morgan fingerprint density at radius 2 is 2.09 bits per heavy atom. The molecule has 0 unspecified atom stereocenters. The van der Waals surface area contributed by atoms with Crippen molar-refractivity contribution in [3.63, 3.8) is 0 Å². The number of carbonyl (C=O) groups excluding carboxylic acids is 1. The highest BCUT2D eigenvalue weighted by molar-refractivity contribution is 5.92. The zero-order valence-electron chi connectivity index (χ0n) is 13.0. The predicted molar refractivity (Wildman–Crippen MR) is 84.8 cm³/mol. The van der Waals surface area contributed by atoms with E-state index in [1.807, 2.05) is 0 Å². The maximum absolute atomic E-state index is 12.2. The average Bonchev–Trinajstić information content (AvgIpc) is 3.08. The third-order valence-electron chi connectivity index (χ3n) is 4.70. The van der Waals surface area contributed by atoms with Gasteiger partial charge in [0.1, 0.15) is 6.26 Å². The first-order valence-corrected chi connectivity index (χ1v) is 7.95. The van der Waals surface area contributed by atoms with E-state index in [-0.39, 0.29) is 11.3 Å². The van der Waals surface area contributed by atoms with Gasteiger partial charge in [-0.3, -0.25) is 4.79 Å². The van der Waals surface area contributed by atoms with Gasteiger partial charge < -0.3 is 9.84 Å². The second kappa shape index (κ2) is 6.34. The molecule has 1 heterocycles. The number of carbonyl (C=O) groups is 1. The Morgan fingerprint density at radius 3 is 2.77 bits per heavy atom. The molecular formula is C18H22N2O2. The zero-order valence-corrected chi connectivity index (χ0v) is 13.0. The van der Waals surface area contributed by atoms with E-state index in [2.05, 4.69) is 41.7 Å². The molecule has 0 aliphatic heterocycles. The van der Waals surface area contributed by atoms with Crippen LogP contribution in [0.5, 0.6) is 0 Å². The minimum Gasteiger partial charge on any atom is -0.364 e. The van der Waals surface area contributed by atoms with E-state index in [9.17, 15) is 4.79 Å². The van der Waals surface area contributed by atoms with E-state index in [4.69, 9.17) is 4.52 Å². The number of rotatable bonds is 4. The number of nitrogens with one attached hydrogen (secondary N) is 1. The predicted octanol–water partition coefficient (Wildman–Crippen LogP) is 3.61. The van der Waals surface area contributed by atoms with Gasteiger partial charge in [-0.05, 0) is 25.3 Å². The fourth-order valence-electron chi connectivity index (χ4n) is 3.44. The summed E-state index contributed by atoms with van der Waals surface area (Å²) in [7, 11) is 0. The van der Waals surface area contributed by atoms with Crippen LogP contribution in [-0.4, -0.2) is 17.6 Å². The van der Waals surface area contributed by atoms with Crippen molar-refractivity contribution in [1.82, 2.24) is 10.5 Å². The van der Waals surface area contributed by atoms with Gasteiger partial charge >= 0.3 is 0 Å². The van der Waals surface area contributed by atoms with Crippen LogP contribution in [0.3, 0.4) is 0 Å². The second-order valence-electron chi connectivity index (χ2n) is 6.28. The molecule has 0 saturated heterocycles. The van der Waals surface area contributed by atoms with Crippen molar-refractivity contribution in [3.8, 4) is 0 Å². The highest BCUT2D eigenvalue weighted by Crippen LogP contribution is 2.39. The first-order chi connectivity index (χ1) is 10.7. The summed E-state index contributed by atoms with van der Waals surface area (Å²) >= 11 is 0. The molecule has 2 aromatic rings. The molecule has 1 amide bonds. The Morgan fingerprint density at radius 1 is 1.27 bits per heavy atom. The summed E-state index contributed by atoms with van der Waals surface area (Å²) in [4.78, 5) is 12.2. The Hall–Kier alpha value is -2.10. The lowest BCUT2D eigenvalue weighted by Gasteiger charge is -2.38. The molecule has 4 heteroatoms.